The summed E-state index contributed by atoms with van der Waals surface area (Å²) in [7, 11) is 0. The first-order chi connectivity index (χ1) is 8.69. The second kappa shape index (κ2) is 4.16. The van der Waals surface area contributed by atoms with E-state index in [9.17, 15) is 0 Å². The number of aryl methyl sites for hydroxylation is 1. The van der Waals surface area contributed by atoms with E-state index in [0.29, 0.717) is 5.92 Å². The topological polar surface area (TPSA) is 15.8 Å². The highest BCUT2D eigenvalue weighted by atomic mass is 14.7. The van der Waals surface area contributed by atoms with Gasteiger partial charge in [-0.15, -0.1) is 0 Å². The van der Waals surface area contributed by atoms with E-state index in [1.807, 2.05) is 0 Å². The Morgan fingerprint density at radius 3 is 2.56 bits per heavy atom. The van der Waals surface area contributed by atoms with Crippen LogP contribution in [0, 0.1) is 0 Å². The zero-order chi connectivity index (χ0) is 12.7. The fraction of sp³-hybridized carbons (Fsp3) is 0.294. The van der Waals surface area contributed by atoms with E-state index in [4.69, 9.17) is 0 Å². The van der Waals surface area contributed by atoms with E-state index in [1.165, 1.54) is 32.9 Å². The molecule has 0 radical (unpaired) electrons. The SMILES string of the molecule is CCc1cc2c(ccc3cc(C(C)C)ccc32)[nH]1. The van der Waals surface area contributed by atoms with Gasteiger partial charge in [-0.05, 0) is 40.8 Å². The molecule has 0 aliphatic heterocycles. The zero-order valence-electron chi connectivity index (χ0n) is 11.2. The normalized spacial score (nSPS) is 11.8. The summed E-state index contributed by atoms with van der Waals surface area (Å²) in [5, 5.41) is 4.04. The van der Waals surface area contributed by atoms with Gasteiger partial charge in [0.25, 0.3) is 0 Å². The molecule has 1 heteroatoms. The van der Waals surface area contributed by atoms with Crippen molar-refractivity contribution in [3.8, 4) is 0 Å². The Morgan fingerprint density at radius 2 is 1.83 bits per heavy atom. The Bertz CT molecular complexity index is 704. The van der Waals surface area contributed by atoms with Crippen molar-refractivity contribution in [2.45, 2.75) is 33.1 Å². The molecule has 0 unspecified atom stereocenters. The lowest BCUT2D eigenvalue weighted by molar-refractivity contribution is 0.869. The Hall–Kier alpha value is -1.76. The summed E-state index contributed by atoms with van der Waals surface area (Å²) in [6.07, 6.45) is 1.06. The molecule has 2 aromatic carbocycles. The minimum absolute atomic E-state index is 0.586. The van der Waals surface area contributed by atoms with Gasteiger partial charge in [0.2, 0.25) is 0 Å². The highest BCUT2D eigenvalue weighted by Gasteiger charge is 2.06. The second-order valence-electron chi connectivity index (χ2n) is 5.31. The van der Waals surface area contributed by atoms with Crippen LogP contribution in [-0.2, 0) is 6.42 Å². The summed E-state index contributed by atoms with van der Waals surface area (Å²) < 4.78 is 0. The summed E-state index contributed by atoms with van der Waals surface area (Å²) in [6.45, 7) is 6.67. The summed E-state index contributed by atoms with van der Waals surface area (Å²) in [5.41, 5.74) is 3.97. The van der Waals surface area contributed by atoms with E-state index in [-0.39, 0.29) is 0 Å². The molecule has 1 nitrogen and oxygen atoms in total. The fourth-order valence-electron chi connectivity index (χ4n) is 2.57. The summed E-state index contributed by atoms with van der Waals surface area (Å²) in [6, 6.07) is 13.5. The second-order valence-corrected chi connectivity index (χ2v) is 5.31. The molecule has 3 aromatic rings. The number of rotatable bonds is 2. The van der Waals surface area contributed by atoms with Crippen LogP contribution in [0.15, 0.2) is 36.4 Å². The van der Waals surface area contributed by atoms with Crippen molar-refractivity contribution in [2.24, 2.45) is 0 Å². The Kier molecular flexibility index (Phi) is 2.62. The number of hydrogen-bond acceptors (Lipinski definition) is 0. The molecule has 0 amide bonds. The molecule has 0 saturated carbocycles. The maximum Gasteiger partial charge on any atom is 0.0462 e. The monoisotopic (exact) mass is 237 g/mol. The Labute approximate surface area is 108 Å². The molecular formula is C17H19N. The number of aromatic nitrogens is 1. The van der Waals surface area contributed by atoms with E-state index < -0.39 is 0 Å². The molecule has 0 fully saturated rings. The summed E-state index contributed by atoms with van der Waals surface area (Å²) >= 11 is 0. The molecule has 1 aromatic heterocycles. The first kappa shape index (κ1) is 11.3. The van der Waals surface area contributed by atoms with E-state index in [2.05, 4.69) is 62.2 Å². The van der Waals surface area contributed by atoms with Crippen LogP contribution in [-0.4, -0.2) is 4.98 Å². The number of H-pyrrole nitrogens is 1. The van der Waals surface area contributed by atoms with Gasteiger partial charge in [-0.2, -0.15) is 0 Å². The molecule has 1 N–H and O–H groups in total. The van der Waals surface area contributed by atoms with Crippen molar-refractivity contribution in [1.82, 2.24) is 4.98 Å². The van der Waals surface area contributed by atoms with Gasteiger partial charge >= 0.3 is 0 Å². The van der Waals surface area contributed by atoms with Crippen molar-refractivity contribution in [2.75, 3.05) is 0 Å². The standard InChI is InChI=1S/C17H19N/c1-4-14-10-16-15-7-5-12(11(2)3)9-13(15)6-8-17(16)18-14/h5-11,18H,4H2,1-3H3. The summed E-state index contributed by atoms with van der Waals surface area (Å²) in [5.74, 6) is 0.586. The zero-order valence-corrected chi connectivity index (χ0v) is 11.2. The minimum Gasteiger partial charge on any atom is -0.358 e. The van der Waals surface area contributed by atoms with Crippen LogP contribution in [0.3, 0.4) is 0 Å². The van der Waals surface area contributed by atoms with Crippen LogP contribution in [0.5, 0.6) is 0 Å². The smallest absolute Gasteiger partial charge is 0.0462 e. The number of aromatic amines is 1. The van der Waals surface area contributed by atoms with Gasteiger partial charge in [0.05, 0.1) is 0 Å². The maximum absolute atomic E-state index is 3.47. The van der Waals surface area contributed by atoms with Gasteiger partial charge in [-0.1, -0.05) is 45.0 Å². The molecule has 18 heavy (non-hydrogen) atoms. The number of benzene rings is 2. The largest absolute Gasteiger partial charge is 0.358 e. The minimum atomic E-state index is 0.586. The molecule has 92 valence electrons. The average molecular weight is 237 g/mol. The Morgan fingerprint density at radius 1 is 1.00 bits per heavy atom. The third-order valence-electron chi connectivity index (χ3n) is 3.75. The van der Waals surface area contributed by atoms with Crippen LogP contribution < -0.4 is 0 Å². The average Bonchev–Trinajstić information content (AvgIpc) is 2.81. The summed E-state index contributed by atoms with van der Waals surface area (Å²) in [4.78, 5) is 3.47. The quantitative estimate of drug-likeness (QED) is 0.645. The molecular weight excluding hydrogens is 218 g/mol. The van der Waals surface area contributed by atoms with Crippen molar-refractivity contribution in [3.63, 3.8) is 0 Å². The van der Waals surface area contributed by atoms with E-state index in [1.54, 1.807) is 0 Å². The molecule has 0 aliphatic rings. The van der Waals surface area contributed by atoms with Gasteiger partial charge in [0.1, 0.15) is 0 Å². The van der Waals surface area contributed by atoms with Crippen LogP contribution >= 0.6 is 0 Å². The lowest BCUT2D eigenvalue weighted by Gasteiger charge is -2.07. The van der Waals surface area contributed by atoms with Gasteiger partial charge in [-0.3, -0.25) is 0 Å². The van der Waals surface area contributed by atoms with E-state index >= 15 is 0 Å². The van der Waals surface area contributed by atoms with Crippen molar-refractivity contribution < 1.29 is 0 Å². The lowest BCUT2D eigenvalue weighted by Crippen LogP contribution is -1.86. The van der Waals surface area contributed by atoms with Crippen LogP contribution in [0.2, 0.25) is 0 Å². The predicted octanol–water partition coefficient (Wildman–Crippen LogP) is 5.01. The maximum atomic E-state index is 3.47. The molecule has 3 rings (SSSR count). The van der Waals surface area contributed by atoms with Crippen molar-refractivity contribution in [3.05, 3.63) is 47.7 Å². The predicted molar refractivity (Wildman–Crippen MR) is 79.3 cm³/mol. The van der Waals surface area contributed by atoms with Crippen LogP contribution in [0.25, 0.3) is 21.7 Å². The molecule has 0 saturated heterocycles. The lowest BCUT2D eigenvalue weighted by atomic mass is 9.98. The molecule has 1 heterocycles. The molecule has 0 bridgehead atoms. The highest BCUT2D eigenvalue weighted by Crippen LogP contribution is 2.28. The molecule has 0 spiro atoms. The van der Waals surface area contributed by atoms with Crippen LogP contribution in [0.4, 0.5) is 0 Å². The van der Waals surface area contributed by atoms with Gasteiger partial charge in [0, 0.05) is 16.6 Å². The van der Waals surface area contributed by atoms with Gasteiger partial charge < -0.3 is 4.98 Å². The molecule has 0 atom stereocenters. The number of fused-ring (bicyclic) bond motifs is 3. The third kappa shape index (κ3) is 1.71. The molecule has 0 aliphatic carbocycles. The number of nitrogens with one attached hydrogen (secondary N) is 1. The fourth-order valence-corrected chi connectivity index (χ4v) is 2.57. The first-order valence-corrected chi connectivity index (χ1v) is 6.73. The van der Waals surface area contributed by atoms with Gasteiger partial charge in [0.15, 0.2) is 0 Å². The first-order valence-electron chi connectivity index (χ1n) is 6.73. The third-order valence-corrected chi connectivity index (χ3v) is 3.75. The highest BCUT2D eigenvalue weighted by molar-refractivity contribution is 6.06. The van der Waals surface area contributed by atoms with Crippen LogP contribution in [0.1, 0.15) is 37.9 Å². The van der Waals surface area contributed by atoms with E-state index in [0.717, 1.165) is 6.42 Å². The van der Waals surface area contributed by atoms with Crippen molar-refractivity contribution in [1.29, 1.82) is 0 Å². The van der Waals surface area contributed by atoms with Crippen molar-refractivity contribution >= 4 is 21.7 Å². The Balaban J connectivity index is 2.30. The van der Waals surface area contributed by atoms with Gasteiger partial charge in [-0.25, -0.2) is 0 Å². The number of hydrogen-bond donors (Lipinski definition) is 1.